The van der Waals surface area contributed by atoms with Crippen LogP contribution in [0.2, 0.25) is 0 Å². The van der Waals surface area contributed by atoms with E-state index >= 15 is 0 Å². The molecule has 2 aromatic heterocycles. The van der Waals surface area contributed by atoms with Crippen molar-refractivity contribution in [1.82, 2.24) is 15.1 Å². The van der Waals surface area contributed by atoms with Crippen molar-refractivity contribution in [2.45, 2.75) is 13.5 Å². The van der Waals surface area contributed by atoms with E-state index in [0.29, 0.717) is 11.4 Å². The van der Waals surface area contributed by atoms with Crippen molar-refractivity contribution < 1.29 is 9.90 Å². The van der Waals surface area contributed by atoms with E-state index in [1.165, 1.54) is 11.3 Å². The van der Waals surface area contributed by atoms with Gasteiger partial charge < -0.3 is 10.4 Å². The van der Waals surface area contributed by atoms with Gasteiger partial charge in [0.2, 0.25) is 0 Å². The molecule has 6 heteroatoms. The van der Waals surface area contributed by atoms with Gasteiger partial charge in [-0.2, -0.15) is 5.10 Å². The Bertz CT molecular complexity index is 676. The Hall–Kier alpha value is -2.10. The number of aliphatic hydroxyl groups is 1. The van der Waals surface area contributed by atoms with Crippen LogP contribution in [-0.2, 0) is 13.6 Å². The van der Waals surface area contributed by atoms with Crippen molar-refractivity contribution in [3.8, 4) is 11.8 Å². The van der Waals surface area contributed by atoms with E-state index in [-0.39, 0.29) is 12.5 Å². The number of nitrogens with zero attached hydrogens (tertiary/aromatic N) is 2. The first-order valence-electron chi connectivity index (χ1n) is 6.07. The predicted molar refractivity (Wildman–Crippen MR) is 77.4 cm³/mol. The molecule has 0 fully saturated rings. The number of thiophene rings is 1. The SMILES string of the molecule is Cc1cc(C(=O)NCc2ccn(C)n2)sc1C#CCO. The van der Waals surface area contributed by atoms with Crippen molar-refractivity contribution in [2.24, 2.45) is 7.05 Å². The van der Waals surface area contributed by atoms with Crippen LogP contribution in [-0.4, -0.2) is 27.4 Å². The van der Waals surface area contributed by atoms with E-state index < -0.39 is 0 Å². The monoisotopic (exact) mass is 289 g/mol. The Morgan fingerprint density at radius 3 is 3.05 bits per heavy atom. The minimum absolute atomic E-state index is 0.138. The number of aliphatic hydroxyl groups excluding tert-OH is 1. The zero-order valence-electron chi connectivity index (χ0n) is 11.3. The van der Waals surface area contributed by atoms with Crippen LogP contribution in [0.15, 0.2) is 18.3 Å². The molecule has 0 saturated carbocycles. The fraction of sp³-hybridized carbons (Fsp3) is 0.286. The maximum Gasteiger partial charge on any atom is 0.261 e. The van der Waals surface area contributed by atoms with E-state index in [9.17, 15) is 4.79 Å². The predicted octanol–water partition coefficient (Wildman–Crippen LogP) is 1.06. The summed E-state index contributed by atoms with van der Waals surface area (Å²) in [4.78, 5) is 13.5. The molecule has 0 aliphatic heterocycles. The molecule has 0 aliphatic carbocycles. The lowest BCUT2D eigenvalue weighted by molar-refractivity contribution is 0.0954. The van der Waals surface area contributed by atoms with Gasteiger partial charge >= 0.3 is 0 Å². The van der Waals surface area contributed by atoms with Crippen LogP contribution < -0.4 is 5.32 Å². The number of aromatic nitrogens is 2. The number of hydrogen-bond acceptors (Lipinski definition) is 4. The van der Waals surface area contributed by atoms with Gasteiger partial charge in [0.1, 0.15) is 6.61 Å². The molecule has 104 valence electrons. The first-order valence-corrected chi connectivity index (χ1v) is 6.88. The van der Waals surface area contributed by atoms with Crippen molar-refractivity contribution in [2.75, 3.05) is 6.61 Å². The summed E-state index contributed by atoms with van der Waals surface area (Å²) in [7, 11) is 1.83. The molecule has 0 saturated heterocycles. The zero-order valence-corrected chi connectivity index (χ0v) is 12.1. The topological polar surface area (TPSA) is 67.2 Å². The van der Waals surface area contributed by atoms with Gasteiger partial charge in [-0.15, -0.1) is 11.3 Å². The van der Waals surface area contributed by atoms with Gasteiger partial charge in [0.15, 0.2) is 0 Å². The second kappa shape index (κ2) is 6.37. The van der Waals surface area contributed by atoms with Gasteiger partial charge in [-0.3, -0.25) is 9.48 Å². The van der Waals surface area contributed by atoms with Crippen molar-refractivity contribution in [3.63, 3.8) is 0 Å². The normalized spacial score (nSPS) is 9.95. The van der Waals surface area contributed by atoms with Crippen molar-refractivity contribution in [3.05, 3.63) is 39.3 Å². The van der Waals surface area contributed by atoms with Gasteiger partial charge in [-0.05, 0) is 24.6 Å². The minimum Gasteiger partial charge on any atom is -0.384 e. The maximum atomic E-state index is 12.0. The van der Waals surface area contributed by atoms with Gasteiger partial charge in [0.05, 0.1) is 22.0 Å². The maximum absolute atomic E-state index is 12.0. The second-order valence-corrected chi connectivity index (χ2v) is 5.30. The van der Waals surface area contributed by atoms with E-state index in [2.05, 4.69) is 22.3 Å². The number of carbonyl (C=O) groups excluding carboxylic acids is 1. The summed E-state index contributed by atoms with van der Waals surface area (Å²) in [5, 5.41) is 15.7. The zero-order chi connectivity index (χ0) is 14.5. The first-order chi connectivity index (χ1) is 9.60. The first kappa shape index (κ1) is 14.3. The molecule has 2 rings (SSSR count). The summed E-state index contributed by atoms with van der Waals surface area (Å²) < 4.78 is 1.69. The highest BCUT2D eigenvalue weighted by Gasteiger charge is 2.11. The fourth-order valence-electron chi connectivity index (χ4n) is 1.65. The van der Waals surface area contributed by atoms with Gasteiger partial charge in [0, 0.05) is 13.2 Å². The molecule has 0 spiro atoms. The Morgan fingerprint density at radius 1 is 1.60 bits per heavy atom. The van der Waals surface area contributed by atoms with Crippen molar-refractivity contribution >= 4 is 17.2 Å². The molecular formula is C14H15N3O2S. The lowest BCUT2D eigenvalue weighted by Crippen LogP contribution is -2.22. The molecule has 0 atom stereocenters. The number of aryl methyl sites for hydroxylation is 2. The molecule has 0 aromatic carbocycles. The summed E-state index contributed by atoms with van der Waals surface area (Å²) in [5.41, 5.74) is 1.76. The molecule has 20 heavy (non-hydrogen) atoms. The summed E-state index contributed by atoms with van der Waals surface area (Å²) >= 11 is 1.33. The minimum atomic E-state index is -0.182. The molecule has 0 unspecified atom stereocenters. The standard InChI is InChI=1S/C14H15N3O2S/c1-10-8-13(20-12(10)4-3-7-18)14(19)15-9-11-5-6-17(2)16-11/h5-6,8,18H,7,9H2,1-2H3,(H,15,19). The number of amides is 1. The Morgan fingerprint density at radius 2 is 2.40 bits per heavy atom. The van der Waals surface area contributed by atoms with Crippen LogP contribution in [0.25, 0.3) is 0 Å². The largest absolute Gasteiger partial charge is 0.384 e. The summed E-state index contributed by atoms with van der Waals surface area (Å²) in [5.74, 6) is 5.29. The average Bonchev–Trinajstić information content (AvgIpc) is 3.00. The molecule has 2 N–H and O–H groups in total. The van der Waals surface area contributed by atoms with Gasteiger partial charge in [0.25, 0.3) is 5.91 Å². The molecule has 0 aliphatic rings. The second-order valence-electron chi connectivity index (χ2n) is 4.25. The van der Waals surface area contributed by atoms with E-state index in [1.54, 1.807) is 10.7 Å². The average molecular weight is 289 g/mol. The summed E-state index contributed by atoms with van der Waals surface area (Å²) in [6.45, 7) is 2.11. The quantitative estimate of drug-likeness (QED) is 0.830. The van der Waals surface area contributed by atoms with E-state index in [0.717, 1.165) is 16.1 Å². The summed E-state index contributed by atoms with van der Waals surface area (Å²) in [6.07, 6.45) is 1.83. The number of carbonyl (C=O) groups is 1. The highest BCUT2D eigenvalue weighted by Crippen LogP contribution is 2.20. The van der Waals surface area contributed by atoms with E-state index in [4.69, 9.17) is 5.11 Å². The number of nitrogens with one attached hydrogen (secondary N) is 1. The molecule has 0 radical (unpaired) electrons. The van der Waals surface area contributed by atoms with Crippen LogP contribution >= 0.6 is 11.3 Å². The molecule has 5 nitrogen and oxygen atoms in total. The third-order valence-electron chi connectivity index (χ3n) is 2.62. The van der Waals surface area contributed by atoms with E-state index in [1.807, 2.05) is 26.2 Å². The Balaban J connectivity index is 2.02. The van der Waals surface area contributed by atoms with Crippen LogP contribution in [0.1, 0.15) is 25.8 Å². The fourth-order valence-corrected chi connectivity index (χ4v) is 2.62. The highest BCUT2D eigenvalue weighted by atomic mass is 32.1. The Labute approximate surface area is 121 Å². The molecule has 0 bridgehead atoms. The van der Waals surface area contributed by atoms with Gasteiger partial charge in [-0.1, -0.05) is 11.8 Å². The number of hydrogen-bond donors (Lipinski definition) is 2. The lowest BCUT2D eigenvalue weighted by Gasteiger charge is -2.00. The molecule has 2 heterocycles. The van der Waals surface area contributed by atoms with Crippen LogP contribution in [0.4, 0.5) is 0 Å². The smallest absolute Gasteiger partial charge is 0.261 e. The van der Waals surface area contributed by atoms with Crippen LogP contribution in [0.5, 0.6) is 0 Å². The third-order valence-corrected chi connectivity index (χ3v) is 3.77. The molecular weight excluding hydrogens is 274 g/mol. The van der Waals surface area contributed by atoms with Crippen molar-refractivity contribution in [1.29, 1.82) is 0 Å². The summed E-state index contributed by atoms with van der Waals surface area (Å²) in [6, 6.07) is 3.66. The molecule has 1 amide bonds. The van der Waals surface area contributed by atoms with Crippen LogP contribution in [0.3, 0.4) is 0 Å². The third kappa shape index (κ3) is 3.47. The lowest BCUT2D eigenvalue weighted by atomic mass is 10.2. The highest BCUT2D eigenvalue weighted by molar-refractivity contribution is 7.14. The number of rotatable bonds is 3. The van der Waals surface area contributed by atoms with Crippen LogP contribution in [0, 0.1) is 18.8 Å². The Kier molecular flexibility index (Phi) is 4.56. The molecule has 2 aromatic rings. The van der Waals surface area contributed by atoms with Gasteiger partial charge in [-0.25, -0.2) is 0 Å².